The van der Waals surface area contributed by atoms with Gasteiger partial charge in [0.05, 0.1) is 7.11 Å². The Balaban J connectivity index is 0.00000118. The summed E-state index contributed by atoms with van der Waals surface area (Å²) in [6, 6.07) is -0.548. The van der Waals surface area contributed by atoms with Gasteiger partial charge in [0.15, 0.2) is 0 Å². The van der Waals surface area contributed by atoms with Crippen molar-refractivity contribution in [3.05, 3.63) is 0 Å². The zero-order valence-corrected chi connectivity index (χ0v) is 16.0. The van der Waals surface area contributed by atoms with Crippen LogP contribution in [0, 0.1) is 5.92 Å². The summed E-state index contributed by atoms with van der Waals surface area (Å²) in [6.45, 7) is 12.0. The van der Waals surface area contributed by atoms with Gasteiger partial charge < -0.3 is 19.7 Å². The van der Waals surface area contributed by atoms with Crippen molar-refractivity contribution in [2.75, 3.05) is 20.2 Å². The van der Waals surface area contributed by atoms with Gasteiger partial charge in [-0.3, -0.25) is 4.79 Å². The smallest absolute Gasteiger partial charge is 0.408 e. The number of nitrogens with zero attached hydrogens (tertiary/aromatic N) is 1. The molecule has 1 saturated heterocycles. The monoisotopic (exact) mass is 344 g/mol. The summed E-state index contributed by atoms with van der Waals surface area (Å²) < 4.78 is 9.69. The summed E-state index contributed by atoms with van der Waals surface area (Å²) in [5.41, 5.74) is -0.616. The number of amides is 2. The second kappa shape index (κ2) is 10.2. The third kappa shape index (κ3) is 9.37. The molecule has 1 N–H and O–H groups in total. The molecule has 7 nitrogen and oxygen atoms in total. The molecule has 2 amide bonds. The summed E-state index contributed by atoms with van der Waals surface area (Å²) >= 11 is 0. The molecule has 0 saturated carbocycles. The number of alkyl carbamates (subject to hydrolysis) is 1. The maximum absolute atomic E-state index is 12.0. The van der Waals surface area contributed by atoms with E-state index in [0.717, 1.165) is 12.3 Å². The van der Waals surface area contributed by atoms with Gasteiger partial charge in [-0.25, -0.2) is 9.59 Å². The van der Waals surface area contributed by atoms with Gasteiger partial charge in [-0.2, -0.15) is 0 Å². The van der Waals surface area contributed by atoms with Crippen LogP contribution in [0.1, 0.15) is 54.4 Å². The topological polar surface area (TPSA) is 84.9 Å². The number of likely N-dealkylation sites (tertiary alicyclic amines) is 1. The lowest BCUT2D eigenvalue weighted by Crippen LogP contribution is -2.46. The molecule has 0 radical (unpaired) electrons. The zero-order chi connectivity index (χ0) is 18.9. The van der Waals surface area contributed by atoms with E-state index < -0.39 is 23.7 Å². The van der Waals surface area contributed by atoms with Crippen molar-refractivity contribution < 1.29 is 23.9 Å². The Morgan fingerprint density at radius 2 is 1.75 bits per heavy atom. The van der Waals surface area contributed by atoms with Gasteiger partial charge >= 0.3 is 12.1 Å². The molecule has 24 heavy (non-hydrogen) atoms. The van der Waals surface area contributed by atoms with Gasteiger partial charge in [0.1, 0.15) is 18.2 Å². The Kier molecular flexibility index (Phi) is 9.40. The molecule has 0 aromatic carbocycles. The quantitative estimate of drug-likeness (QED) is 0.794. The van der Waals surface area contributed by atoms with E-state index in [1.54, 1.807) is 20.8 Å². The largest absolute Gasteiger partial charge is 0.467 e. The van der Waals surface area contributed by atoms with Gasteiger partial charge in [-0.05, 0) is 39.5 Å². The van der Waals surface area contributed by atoms with Gasteiger partial charge in [0.25, 0.3) is 0 Å². The van der Waals surface area contributed by atoms with E-state index in [4.69, 9.17) is 4.74 Å². The van der Waals surface area contributed by atoms with Crippen molar-refractivity contribution in [3.8, 4) is 0 Å². The number of nitrogens with one attached hydrogen (secondary N) is 1. The van der Waals surface area contributed by atoms with Gasteiger partial charge in [0, 0.05) is 6.54 Å². The van der Waals surface area contributed by atoms with Crippen molar-refractivity contribution in [2.45, 2.75) is 66.0 Å². The van der Waals surface area contributed by atoms with E-state index in [0.29, 0.717) is 13.0 Å². The molecule has 7 heteroatoms. The number of hydrogen-bond donors (Lipinski definition) is 1. The summed E-state index contributed by atoms with van der Waals surface area (Å²) in [6.07, 6.45) is 0.683. The van der Waals surface area contributed by atoms with Crippen LogP contribution in [-0.4, -0.2) is 54.7 Å². The predicted molar refractivity (Wildman–Crippen MR) is 91.5 cm³/mol. The Hall–Kier alpha value is -1.79. The number of hydrogen-bond acceptors (Lipinski definition) is 5. The first-order chi connectivity index (χ1) is 11.0. The average Bonchev–Trinajstić information content (AvgIpc) is 2.90. The molecule has 1 rings (SSSR count). The van der Waals surface area contributed by atoms with Gasteiger partial charge in [-0.1, -0.05) is 20.8 Å². The minimum absolute atomic E-state index is 0.192. The lowest BCUT2D eigenvalue weighted by Gasteiger charge is -2.23. The van der Waals surface area contributed by atoms with E-state index in [1.165, 1.54) is 12.0 Å². The normalized spacial score (nSPS) is 17.0. The summed E-state index contributed by atoms with van der Waals surface area (Å²) in [5.74, 6) is 0.0943. The van der Waals surface area contributed by atoms with Crippen LogP contribution in [0.5, 0.6) is 0 Å². The second-order valence-electron chi connectivity index (χ2n) is 7.36. The Morgan fingerprint density at radius 3 is 2.21 bits per heavy atom. The maximum Gasteiger partial charge on any atom is 0.408 e. The Labute approximate surface area is 145 Å². The number of ether oxygens (including phenoxy) is 2. The first kappa shape index (κ1) is 22.2. The molecule has 0 aliphatic carbocycles. The van der Waals surface area contributed by atoms with E-state index in [9.17, 15) is 14.4 Å². The Bertz CT molecular complexity index is 426. The molecular formula is C17H32N2O5. The summed E-state index contributed by atoms with van der Waals surface area (Å²) in [5, 5.41) is 2.39. The van der Waals surface area contributed by atoms with E-state index in [2.05, 4.69) is 30.8 Å². The average molecular weight is 344 g/mol. The molecule has 1 heterocycles. The Morgan fingerprint density at radius 1 is 1.21 bits per heavy atom. The molecule has 1 atom stereocenters. The van der Waals surface area contributed by atoms with Crippen LogP contribution in [0.4, 0.5) is 4.79 Å². The van der Waals surface area contributed by atoms with Crippen LogP contribution >= 0.6 is 0 Å². The van der Waals surface area contributed by atoms with Crippen LogP contribution in [0.3, 0.4) is 0 Å². The number of methoxy groups -OCH3 is 1. The lowest BCUT2D eigenvalue weighted by atomic mass is 10.2. The van der Waals surface area contributed by atoms with Crippen molar-refractivity contribution in [3.63, 3.8) is 0 Å². The molecule has 0 bridgehead atoms. The molecule has 1 fully saturated rings. The number of carbonyl (C=O) groups excluding carboxylic acids is 3. The van der Waals surface area contributed by atoms with E-state index in [1.807, 2.05) is 0 Å². The highest BCUT2D eigenvalue weighted by Gasteiger charge is 2.34. The summed E-state index contributed by atoms with van der Waals surface area (Å²) in [4.78, 5) is 36.4. The van der Waals surface area contributed by atoms with Crippen LogP contribution in [-0.2, 0) is 19.1 Å². The lowest BCUT2D eigenvalue weighted by molar-refractivity contribution is -0.150. The molecule has 1 unspecified atom stereocenters. The first-order valence-corrected chi connectivity index (χ1v) is 8.32. The molecule has 1 aliphatic rings. The van der Waals surface area contributed by atoms with Gasteiger partial charge in [-0.15, -0.1) is 0 Å². The molecule has 0 aromatic heterocycles. The number of rotatable bonds is 3. The standard InChI is InChI=1S/C13H22N2O5.C4H10/c1-13(2,3)20-12(18)14-8-10(16)15-7-5-6-9(15)11(17)19-4;1-4(2)3/h9H,5-8H2,1-4H3,(H,14,18);4H,1-3H3. The van der Waals surface area contributed by atoms with Crippen LogP contribution in [0.2, 0.25) is 0 Å². The fourth-order valence-electron chi connectivity index (χ4n) is 2.01. The fraction of sp³-hybridized carbons (Fsp3) is 0.824. The van der Waals surface area contributed by atoms with Crippen LogP contribution < -0.4 is 5.32 Å². The molecule has 1 aliphatic heterocycles. The zero-order valence-electron chi connectivity index (χ0n) is 16.0. The van der Waals surface area contributed by atoms with Crippen molar-refractivity contribution in [1.29, 1.82) is 0 Å². The molecular weight excluding hydrogens is 312 g/mol. The molecule has 0 aromatic rings. The van der Waals surface area contributed by atoms with E-state index >= 15 is 0 Å². The number of carbonyl (C=O) groups is 3. The predicted octanol–water partition coefficient (Wildman–Crippen LogP) is 2.34. The minimum atomic E-state index is -0.653. The third-order valence-electron chi connectivity index (χ3n) is 2.83. The minimum Gasteiger partial charge on any atom is -0.467 e. The highest BCUT2D eigenvalue weighted by Crippen LogP contribution is 2.18. The third-order valence-corrected chi connectivity index (χ3v) is 2.83. The highest BCUT2D eigenvalue weighted by atomic mass is 16.6. The van der Waals surface area contributed by atoms with Crippen molar-refractivity contribution >= 4 is 18.0 Å². The molecule has 0 spiro atoms. The fourth-order valence-corrected chi connectivity index (χ4v) is 2.01. The van der Waals surface area contributed by atoms with E-state index in [-0.39, 0.29) is 12.5 Å². The molecule has 140 valence electrons. The second-order valence-corrected chi connectivity index (χ2v) is 7.36. The number of esters is 1. The maximum atomic E-state index is 12.0. The SMILES string of the molecule is CC(C)C.COC(=O)C1CCCN1C(=O)CNC(=O)OC(C)(C)C. The van der Waals surface area contributed by atoms with Gasteiger partial charge in [0.2, 0.25) is 5.91 Å². The van der Waals surface area contributed by atoms with Crippen molar-refractivity contribution in [2.24, 2.45) is 5.92 Å². The summed E-state index contributed by atoms with van der Waals surface area (Å²) in [7, 11) is 1.29. The van der Waals surface area contributed by atoms with Crippen molar-refractivity contribution in [1.82, 2.24) is 10.2 Å². The first-order valence-electron chi connectivity index (χ1n) is 8.32. The highest BCUT2D eigenvalue weighted by molar-refractivity contribution is 5.87. The van der Waals surface area contributed by atoms with Crippen LogP contribution in [0.15, 0.2) is 0 Å². The van der Waals surface area contributed by atoms with Crippen LogP contribution in [0.25, 0.3) is 0 Å².